The molecular weight excluding hydrogens is 184 g/mol. The van der Waals surface area contributed by atoms with E-state index in [1.807, 2.05) is 0 Å². The number of hydrogen-bond donors (Lipinski definition) is 1. The molecule has 2 nitrogen and oxygen atoms in total. The van der Waals surface area contributed by atoms with Gasteiger partial charge in [0.2, 0.25) is 0 Å². The van der Waals surface area contributed by atoms with Crippen molar-refractivity contribution in [1.29, 1.82) is 0 Å². The third-order valence-corrected chi connectivity index (χ3v) is 4.44. The van der Waals surface area contributed by atoms with E-state index in [4.69, 9.17) is 5.73 Å². The Morgan fingerprint density at radius 2 is 2.07 bits per heavy atom. The first-order chi connectivity index (χ1) is 7.31. The lowest BCUT2D eigenvalue weighted by Gasteiger charge is -2.32. The van der Waals surface area contributed by atoms with Crippen molar-refractivity contribution in [1.82, 2.24) is 4.90 Å². The van der Waals surface area contributed by atoms with Crippen LogP contribution in [0.15, 0.2) is 0 Å². The van der Waals surface area contributed by atoms with Crippen LogP contribution in [0.4, 0.5) is 0 Å². The van der Waals surface area contributed by atoms with Crippen LogP contribution in [0.2, 0.25) is 0 Å². The van der Waals surface area contributed by atoms with Gasteiger partial charge in [0, 0.05) is 6.04 Å². The molecule has 0 spiro atoms. The minimum atomic E-state index is 0.702. The Morgan fingerprint density at radius 1 is 1.27 bits per heavy atom. The minimum Gasteiger partial charge on any atom is -0.330 e. The molecule has 3 atom stereocenters. The van der Waals surface area contributed by atoms with Crippen LogP contribution in [-0.4, -0.2) is 30.6 Å². The van der Waals surface area contributed by atoms with E-state index in [-0.39, 0.29) is 0 Å². The summed E-state index contributed by atoms with van der Waals surface area (Å²) < 4.78 is 0. The highest BCUT2D eigenvalue weighted by Gasteiger charge is 2.34. The molecule has 0 bridgehead atoms. The molecule has 2 rings (SSSR count). The molecule has 2 aliphatic rings. The predicted octanol–water partition coefficient (Wildman–Crippen LogP) is 2.24. The highest BCUT2D eigenvalue weighted by molar-refractivity contribution is 4.89. The maximum absolute atomic E-state index is 5.67. The molecule has 88 valence electrons. The van der Waals surface area contributed by atoms with E-state index in [2.05, 4.69) is 11.8 Å². The summed E-state index contributed by atoms with van der Waals surface area (Å²) in [5.41, 5.74) is 5.67. The molecule has 1 aliphatic carbocycles. The van der Waals surface area contributed by atoms with Gasteiger partial charge in [-0.2, -0.15) is 0 Å². The molecule has 2 fully saturated rings. The Bertz CT molecular complexity index is 193. The maximum atomic E-state index is 5.67. The van der Waals surface area contributed by atoms with E-state index in [0.29, 0.717) is 5.92 Å². The summed E-state index contributed by atoms with van der Waals surface area (Å²) in [6.07, 6.45) is 8.65. The molecule has 0 aromatic carbocycles. The molecule has 1 saturated heterocycles. The zero-order chi connectivity index (χ0) is 10.7. The van der Waals surface area contributed by atoms with Gasteiger partial charge in [-0.15, -0.1) is 0 Å². The summed E-state index contributed by atoms with van der Waals surface area (Å²) in [5.74, 6) is 1.74. The van der Waals surface area contributed by atoms with Gasteiger partial charge in [0.15, 0.2) is 0 Å². The Hall–Kier alpha value is -0.0800. The highest BCUT2D eigenvalue weighted by Crippen LogP contribution is 2.36. The van der Waals surface area contributed by atoms with E-state index >= 15 is 0 Å². The minimum absolute atomic E-state index is 0.702. The van der Waals surface area contributed by atoms with Gasteiger partial charge in [-0.05, 0) is 57.2 Å². The molecule has 0 aromatic rings. The van der Waals surface area contributed by atoms with Crippen LogP contribution in [0, 0.1) is 11.8 Å². The van der Waals surface area contributed by atoms with Crippen LogP contribution in [-0.2, 0) is 0 Å². The largest absolute Gasteiger partial charge is 0.330 e. The number of nitrogens with two attached hydrogens (primary N) is 1. The molecule has 15 heavy (non-hydrogen) atoms. The van der Waals surface area contributed by atoms with E-state index in [0.717, 1.165) is 18.5 Å². The van der Waals surface area contributed by atoms with Crippen molar-refractivity contribution >= 4 is 0 Å². The standard InChI is InChI=1S/C13H26N2/c1-11(10-14)6-8-15-9-7-12-4-2-3-5-13(12)15/h11-13H,2-10,14H2,1H3. The second-order valence-electron chi connectivity index (χ2n) is 5.57. The summed E-state index contributed by atoms with van der Waals surface area (Å²) >= 11 is 0. The summed E-state index contributed by atoms with van der Waals surface area (Å²) in [7, 11) is 0. The SMILES string of the molecule is CC(CN)CCN1CCC2CCCCC21. The average molecular weight is 210 g/mol. The fourth-order valence-electron chi connectivity index (χ4n) is 3.28. The van der Waals surface area contributed by atoms with E-state index < -0.39 is 0 Å². The van der Waals surface area contributed by atoms with Crippen molar-refractivity contribution in [2.24, 2.45) is 17.6 Å². The molecule has 1 aliphatic heterocycles. The van der Waals surface area contributed by atoms with Gasteiger partial charge in [0.05, 0.1) is 0 Å². The number of fused-ring (bicyclic) bond motifs is 1. The number of nitrogens with zero attached hydrogens (tertiary/aromatic N) is 1. The topological polar surface area (TPSA) is 29.3 Å². The van der Waals surface area contributed by atoms with Gasteiger partial charge in [-0.25, -0.2) is 0 Å². The zero-order valence-corrected chi connectivity index (χ0v) is 10.1. The second-order valence-corrected chi connectivity index (χ2v) is 5.57. The molecule has 0 amide bonds. The molecule has 0 radical (unpaired) electrons. The van der Waals surface area contributed by atoms with Crippen molar-refractivity contribution in [3.63, 3.8) is 0 Å². The van der Waals surface area contributed by atoms with Crippen LogP contribution in [0.5, 0.6) is 0 Å². The summed E-state index contributed by atoms with van der Waals surface area (Å²) in [6, 6.07) is 0.934. The molecule has 0 aromatic heterocycles. The molecule has 1 heterocycles. The van der Waals surface area contributed by atoms with Crippen LogP contribution in [0.1, 0.15) is 45.4 Å². The van der Waals surface area contributed by atoms with Crippen LogP contribution in [0.3, 0.4) is 0 Å². The molecule has 2 heteroatoms. The molecule has 1 saturated carbocycles. The van der Waals surface area contributed by atoms with Crippen molar-refractivity contribution in [2.75, 3.05) is 19.6 Å². The first kappa shape index (κ1) is 11.4. The number of rotatable bonds is 4. The lowest BCUT2D eigenvalue weighted by Crippen LogP contribution is -2.36. The van der Waals surface area contributed by atoms with Gasteiger partial charge in [0.1, 0.15) is 0 Å². The normalized spacial score (nSPS) is 34.0. The van der Waals surface area contributed by atoms with Gasteiger partial charge >= 0.3 is 0 Å². The summed E-state index contributed by atoms with van der Waals surface area (Å²) in [4.78, 5) is 2.75. The lowest BCUT2D eigenvalue weighted by molar-refractivity contribution is 0.174. The van der Waals surface area contributed by atoms with Crippen molar-refractivity contribution in [3.05, 3.63) is 0 Å². The Balaban J connectivity index is 1.78. The zero-order valence-electron chi connectivity index (χ0n) is 10.1. The molecule has 2 N–H and O–H groups in total. The van der Waals surface area contributed by atoms with Crippen molar-refractivity contribution < 1.29 is 0 Å². The molecule has 3 unspecified atom stereocenters. The smallest absolute Gasteiger partial charge is 0.0124 e. The van der Waals surface area contributed by atoms with Crippen molar-refractivity contribution in [2.45, 2.75) is 51.5 Å². The van der Waals surface area contributed by atoms with Gasteiger partial charge in [-0.1, -0.05) is 19.8 Å². The third kappa shape index (κ3) is 2.73. The Kier molecular flexibility index (Phi) is 4.04. The first-order valence-corrected chi connectivity index (χ1v) is 6.75. The monoisotopic (exact) mass is 210 g/mol. The lowest BCUT2D eigenvalue weighted by atomic mass is 9.85. The van der Waals surface area contributed by atoms with E-state index in [1.54, 1.807) is 0 Å². The first-order valence-electron chi connectivity index (χ1n) is 6.75. The summed E-state index contributed by atoms with van der Waals surface area (Å²) in [5, 5.41) is 0. The van der Waals surface area contributed by atoms with Crippen molar-refractivity contribution in [3.8, 4) is 0 Å². The second kappa shape index (κ2) is 5.31. The average Bonchev–Trinajstić information content (AvgIpc) is 2.69. The van der Waals surface area contributed by atoms with Crippen LogP contribution in [0.25, 0.3) is 0 Å². The van der Waals surface area contributed by atoms with Crippen LogP contribution >= 0.6 is 0 Å². The van der Waals surface area contributed by atoms with Gasteiger partial charge in [0.25, 0.3) is 0 Å². The highest BCUT2D eigenvalue weighted by atomic mass is 15.2. The quantitative estimate of drug-likeness (QED) is 0.771. The van der Waals surface area contributed by atoms with Gasteiger partial charge in [-0.3, -0.25) is 0 Å². The van der Waals surface area contributed by atoms with Gasteiger partial charge < -0.3 is 10.6 Å². The summed E-state index contributed by atoms with van der Waals surface area (Å²) in [6.45, 7) is 5.77. The van der Waals surface area contributed by atoms with Crippen LogP contribution < -0.4 is 5.73 Å². The molecular formula is C13H26N2. The fraction of sp³-hybridized carbons (Fsp3) is 1.00. The van der Waals surface area contributed by atoms with E-state index in [9.17, 15) is 0 Å². The maximum Gasteiger partial charge on any atom is 0.0124 e. The number of likely N-dealkylation sites (tertiary alicyclic amines) is 1. The third-order valence-electron chi connectivity index (χ3n) is 4.44. The number of hydrogen-bond acceptors (Lipinski definition) is 2. The van der Waals surface area contributed by atoms with E-state index in [1.165, 1.54) is 51.6 Å². The Morgan fingerprint density at radius 3 is 2.87 bits per heavy atom. The fourth-order valence-corrected chi connectivity index (χ4v) is 3.28. The predicted molar refractivity (Wildman–Crippen MR) is 64.8 cm³/mol. The Labute approximate surface area is 94.2 Å².